The van der Waals surface area contributed by atoms with Crippen LogP contribution in [0, 0.1) is 26.7 Å². The van der Waals surface area contributed by atoms with Crippen LogP contribution < -0.4 is 5.32 Å². The molecule has 33 heavy (non-hydrogen) atoms. The van der Waals surface area contributed by atoms with Crippen LogP contribution in [0.2, 0.25) is 0 Å². The van der Waals surface area contributed by atoms with E-state index in [9.17, 15) is 4.79 Å². The van der Waals surface area contributed by atoms with Gasteiger partial charge in [-0.15, -0.1) is 10.2 Å². The Hall–Kier alpha value is -3.48. The Morgan fingerprint density at radius 2 is 1.91 bits per heavy atom. The van der Waals surface area contributed by atoms with Crippen molar-refractivity contribution in [3.63, 3.8) is 0 Å². The Balaban J connectivity index is 1.17. The second-order valence-corrected chi connectivity index (χ2v) is 9.16. The van der Waals surface area contributed by atoms with Gasteiger partial charge in [-0.1, -0.05) is 12.1 Å². The van der Waals surface area contributed by atoms with E-state index in [1.807, 2.05) is 38.1 Å². The van der Waals surface area contributed by atoms with Gasteiger partial charge in [-0.2, -0.15) is 0 Å². The first-order chi connectivity index (χ1) is 16.0. The lowest BCUT2D eigenvalue weighted by atomic mass is 9.82. The first-order valence-corrected chi connectivity index (χ1v) is 11.6. The highest BCUT2D eigenvalue weighted by Crippen LogP contribution is 2.36. The molecule has 4 aromatic rings. The fraction of sp³-hybridized carbons (Fsp3) is 0.385. The van der Waals surface area contributed by atoms with Crippen LogP contribution in [-0.4, -0.2) is 32.6 Å². The van der Waals surface area contributed by atoms with Crippen molar-refractivity contribution in [2.75, 3.05) is 6.54 Å². The Kier molecular flexibility index (Phi) is 5.70. The maximum absolute atomic E-state index is 12.9. The summed E-state index contributed by atoms with van der Waals surface area (Å²) >= 11 is 0. The summed E-state index contributed by atoms with van der Waals surface area (Å²) in [5.74, 6) is 1.95. The molecule has 1 fully saturated rings. The quantitative estimate of drug-likeness (QED) is 0.440. The Morgan fingerprint density at radius 3 is 2.67 bits per heavy atom. The second-order valence-electron chi connectivity index (χ2n) is 9.16. The zero-order valence-corrected chi connectivity index (χ0v) is 19.3. The van der Waals surface area contributed by atoms with E-state index < -0.39 is 0 Å². The first kappa shape index (κ1) is 21.4. The van der Waals surface area contributed by atoms with Gasteiger partial charge in [0.25, 0.3) is 5.91 Å². The number of aryl methyl sites for hydroxylation is 3. The molecule has 0 bridgehead atoms. The average molecular weight is 444 g/mol. The SMILES string of the molecule is Cc1ccc(-c2nnc(C3CCC(CNC(=O)c4cccc5c(C)c(C)[nH]c45)CC3)o2)cn1. The maximum atomic E-state index is 12.9. The number of fused-ring (bicyclic) bond motifs is 1. The number of hydrogen-bond donors (Lipinski definition) is 2. The van der Waals surface area contributed by atoms with E-state index >= 15 is 0 Å². The monoisotopic (exact) mass is 443 g/mol. The van der Waals surface area contributed by atoms with Crippen LogP contribution in [-0.2, 0) is 0 Å². The highest BCUT2D eigenvalue weighted by atomic mass is 16.4. The van der Waals surface area contributed by atoms with Gasteiger partial charge in [-0.05, 0) is 76.1 Å². The minimum Gasteiger partial charge on any atom is -0.420 e. The van der Waals surface area contributed by atoms with Crippen LogP contribution in [0.3, 0.4) is 0 Å². The van der Waals surface area contributed by atoms with Crippen LogP contribution in [0.25, 0.3) is 22.4 Å². The lowest BCUT2D eigenvalue weighted by Gasteiger charge is -2.26. The van der Waals surface area contributed by atoms with E-state index in [1.165, 1.54) is 5.56 Å². The molecule has 0 spiro atoms. The van der Waals surface area contributed by atoms with E-state index in [1.54, 1.807) is 6.20 Å². The number of carbonyl (C=O) groups is 1. The molecule has 0 aliphatic heterocycles. The van der Waals surface area contributed by atoms with E-state index in [0.717, 1.165) is 53.5 Å². The molecule has 1 aliphatic rings. The number of H-pyrrole nitrogens is 1. The second kappa shape index (κ2) is 8.81. The maximum Gasteiger partial charge on any atom is 0.253 e. The van der Waals surface area contributed by atoms with Crippen molar-refractivity contribution in [3.05, 3.63) is 64.9 Å². The standard InChI is InChI=1S/C26H29N5O2/c1-15-7-10-20(14-27-15)26-31-30-25(33-26)19-11-8-18(9-12-19)13-28-24(32)22-6-4-5-21-16(2)17(3)29-23(21)22/h4-7,10,14,18-19,29H,8-9,11-13H2,1-3H3,(H,28,32). The number of hydrogen-bond acceptors (Lipinski definition) is 5. The zero-order valence-electron chi connectivity index (χ0n) is 19.3. The predicted octanol–water partition coefficient (Wildman–Crippen LogP) is 5.24. The van der Waals surface area contributed by atoms with E-state index in [0.29, 0.717) is 29.8 Å². The molecule has 7 nitrogen and oxygen atoms in total. The van der Waals surface area contributed by atoms with Crippen LogP contribution >= 0.6 is 0 Å². The Morgan fingerprint density at radius 1 is 1.09 bits per heavy atom. The molecule has 1 aromatic carbocycles. The number of nitrogens with one attached hydrogen (secondary N) is 2. The third kappa shape index (κ3) is 4.27. The van der Waals surface area contributed by atoms with Gasteiger partial charge < -0.3 is 14.7 Å². The number of amides is 1. The number of carbonyl (C=O) groups excluding carboxylic acids is 1. The summed E-state index contributed by atoms with van der Waals surface area (Å²) in [4.78, 5) is 20.6. The van der Waals surface area contributed by atoms with E-state index in [4.69, 9.17) is 4.42 Å². The molecule has 2 N–H and O–H groups in total. The third-order valence-corrected chi connectivity index (χ3v) is 6.93. The summed E-state index contributed by atoms with van der Waals surface area (Å²) in [6, 6.07) is 9.80. The van der Waals surface area contributed by atoms with Gasteiger partial charge >= 0.3 is 0 Å². The number of pyridine rings is 1. The number of aromatic nitrogens is 4. The third-order valence-electron chi connectivity index (χ3n) is 6.93. The average Bonchev–Trinajstić information content (AvgIpc) is 3.43. The van der Waals surface area contributed by atoms with Crippen molar-refractivity contribution in [2.45, 2.75) is 52.4 Å². The summed E-state index contributed by atoms with van der Waals surface area (Å²) in [6.07, 6.45) is 5.79. The Labute approximate surface area is 193 Å². The number of nitrogens with zero attached hydrogens (tertiary/aromatic N) is 3. The van der Waals surface area contributed by atoms with Crippen LogP contribution in [0.4, 0.5) is 0 Å². The van der Waals surface area contributed by atoms with Crippen LogP contribution in [0.5, 0.6) is 0 Å². The van der Waals surface area contributed by atoms with Crippen molar-refractivity contribution in [2.24, 2.45) is 5.92 Å². The molecule has 0 unspecified atom stereocenters. The molecule has 0 atom stereocenters. The molecule has 1 amide bonds. The number of benzene rings is 1. The summed E-state index contributed by atoms with van der Waals surface area (Å²) < 4.78 is 5.96. The topological polar surface area (TPSA) is 96.7 Å². The summed E-state index contributed by atoms with van der Waals surface area (Å²) in [7, 11) is 0. The summed E-state index contributed by atoms with van der Waals surface area (Å²) in [5, 5.41) is 12.8. The predicted molar refractivity (Wildman–Crippen MR) is 127 cm³/mol. The molecule has 0 radical (unpaired) electrons. The van der Waals surface area contributed by atoms with E-state index in [-0.39, 0.29) is 11.8 Å². The van der Waals surface area contributed by atoms with E-state index in [2.05, 4.69) is 38.5 Å². The number of aromatic amines is 1. The molecular weight excluding hydrogens is 414 g/mol. The largest absolute Gasteiger partial charge is 0.420 e. The van der Waals surface area contributed by atoms with Crippen molar-refractivity contribution in [3.8, 4) is 11.5 Å². The van der Waals surface area contributed by atoms with Gasteiger partial charge in [-0.3, -0.25) is 9.78 Å². The van der Waals surface area contributed by atoms with Crippen LogP contribution in [0.15, 0.2) is 40.9 Å². The molecule has 1 saturated carbocycles. The molecule has 5 rings (SSSR count). The van der Waals surface area contributed by atoms with Gasteiger partial charge in [0.05, 0.1) is 16.6 Å². The van der Waals surface area contributed by atoms with Crippen molar-refractivity contribution in [1.82, 2.24) is 25.5 Å². The molecule has 7 heteroatoms. The van der Waals surface area contributed by atoms with Gasteiger partial charge in [0, 0.05) is 35.4 Å². The van der Waals surface area contributed by atoms with Crippen LogP contribution in [0.1, 0.15) is 64.8 Å². The van der Waals surface area contributed by atoms with Gasteiger partial charge in [-0.25, -0.2) is 0 Å². The Bertz CT molecular complexity index is 1280. The minimum atomic E-state index is -0.0165. The molecular formula is C26H29N5O2. The summed E-state index contributed by atoms with van der Waals surface area (Å²) in [5.41, 5.74) is 5.73. The normalized spacial score (nSPS) is 18.5. The molecule has 0 saturated heterocycles. The lowest BCUT2D eigenvalue weighted by molar-refractivity contribution is 0.0944. The smallest absolute Gasteiger partial charge is 0.253 e. The number of para-hydroxylation sites is 1. The van der Waals surface area contributed by atoms with Gasteiger partial charge in [0.2, 0.25) is 11.8 Å². The molecule has 1 aliphatic carbocycles. The molecule has 170 valence electrons. The zero-order chi connectivity index (χ0) is 22.9. The number of rotatable bonds is 5. The van der Waals surface area contributed by atoms with Crippen molar-refractivity contribution in [1.29, 1.82) is 0 Å². The highest BCUT2D eigenvalue weighted by molar-refractivity contribution is 6.06. The fourth-order valence-electron chi connectivity index (χ4n) is 4.73. The van der Waals surface area contributed by atoms with Gasteiger partial charge in [0.15, 0.2) is 0 Å². The van der Waals surface area contributed by atoms with Crippen molar-refractivity contribution < 1.29 is 9.21 Å². The molecule has 3 aromatic heterocycles. The first-order valence-electron chi connectivity index (χ1n) is 11.6. The molecule has 3 heterocycles. The minimum absolute atomic E-state index is 0.0165. The highest BCUT2D eigenvalue weighted by Gasteiger charge is 2.27. The lowest BCUT2D eigenvalue weighted by Crippen LogP contribution is -2.31. The van der Waals surface area contributed by atoms with Crippen molar-refractivity contribution >= 4 is 16.8 Å². The van der Waals surface area contributed by atoms with Gasteiger partial charge in [0.1, 0.15) is 0 Å². The fourth-order valence-corrected chi connectivity index (χ4v) is 4.73. The summed E-state index contributed by atoms with van der Waals surface area (Å²) in [6.45, 7) is 6.76.